The number of rotatable bonds is 5. The molecule has 0 aromatic heterocycles. The maximum Gasteiger partial charge on any atom is 0.127 e. The van der Waals surface area contributed by atoms with Crippen LogP contribution in [0.15, 0.2) is 22.7 Å². The Hall–Kier alpha value is 0.0700. The van der Waals surface area contributed by atoms with Gasteiger partial charge in [-0.05, 0) is 38.2 Å². The molecule has 0 saturated heterocycles. The molecule has 0 bridgehead atoms. The molecule has 1 aromatic carbocycles. The van der Waals surface area contributed by atoms with Gasteiger partial charge >= 0.3 is 0 Å². The second-order valence-corrected chi connectivity index (χ2v) is 6.52. The monoisotopic (exact) mass is 351 g/mol. The van der Waals surface area contributed by atoms with Crippen LogP contribution in [0.1, 0.15) is 18.9 Å². The number of hydrogen-bond donors (Lipinski definition) is 0. The van der Waals surface area contributed by atoms with E-state index in [4.69, 9.17) is 0 Å². The van der Waals surface area contributed by atoms with Crippen molar-refractivity contribution in [3.05, 3.63) is 34.1 Å². The molecule has 0 aliphatic heterocycles. The van der Waals surface area contributed by atoms with E-state index < -0.39 is 0 Å². The molecular formula is C12H16Br2FN. The van der Waals surface area contributed by atoms with Crippen molar-refractivity contribution in [1.29, 1.82) is 0 Å². The van der Waals surface area contributed by atoms with Gasteiger partial charge in [0, 0.05) is 21.4 Å². The van der Waals surface area contributed by atoms with Crippen LogP contribution in [-0.4, -0.2) is 23.3 Å². The molecule has 0 fully saturated rings. The molecule has 1 unspecified atom stereocenters. The third kappa shape index (κ3) is 4.93. The molecule has 0 spiro atoms. The molecule has 1 nitrogen and oxygen atoms in total. The summed E-state index contributed by atoms with van der Waals surface area (Å²) in [5.41, 5.74) is 0.735. The predicted octanol–water partition coefficient (Wildman–Crippen LogP) is 4.19. The quantitative estimate of drug-likeness (QED) is 0.718. The third-order valence-corrected chi connectivity index (χ3v) is 3.31. The lowest BCUT2D eigenvalue weighted by Gasteiger charge is -2.17. The molecule has 1 rings (SSSR count). The van der Waals surface area contributed by atoms with Crippen molar-refractivity contribution >= 4 is 31.9 Å². The summed E-state index contributed by atoms with van der Waals surface area (Å²) in [5, 5.41) is 0. The van der Waals surface area contributed by atoms with Gasteiger partial charge in [-0.3, -0.25) is 0 Å². The molecule has 0 radical (unpaired) electrons. The Bertz CT molecular complexity index is 342. The van der Waals surface area contributed by atoms with Crippen LogP contribution >= 0.6 is 31.9 Å². The maximum atomic E-state index is 13.5. The van der Waals surface area contributed by atoms with Gasteiger partial charge < -0.3 is 4.90 Å². The van der Waals surface area contributed by atoms with Gasteiger partial charge in [0.25, 0.3) is 0 Å². The zero-order valence-electron chi connectivity index (χ0n) is 9.51. The number of hydrogen-bond acceptors (Lipinski definition) is 1. The minimum Gasteiger partial charge on any atom is -0.302 e. The van der Waals surface area contributed by atoms with Crippen molar-refractivity contribution in [2.45, 2.75) is 24.7 Å². The van der Waals surface area contributed by atoms with Crippen LogP contribution in [0.3, 0.4) is 0 Å². The van der Waals surface area contributed by atoms with Gasteiger partial charge in [-0.15, -0.1) is 0 Å². The molecule has 0 aliphatic carbocycles. The maximum absolute atomic E-state index is 13.5. The predicted molar refractivity (Wildman–Crippen MR) is 73.4 cm³/mol. The normalized spacial score (nSPS) is 13.1. The van der Waals surface area contributed by atoms with Crippen LogP contribution in [0.4, 0.5) is 4.39 Å². The molecule has 0 N–H and O–H groups in total. The van der Waals surface area contributed by atoms with Crippen molar-refractivity contribution in [3.8, 4) is 0 Å². The van der Waals surface area contributed by atoms with E-state index in [1.165, 1.54) is 6.07 Å². The lowest BCUT2D eigenvalue weighted by atomic mass is 10.2. The summed E-state index contributed by atoms with van der Waals surface area (Å²) in [6, 6.07) is 5.06. The molecule has 0 saturated carbocycles. The minimum absolute atomic E-state index is 0.137. The lowest BCUT2D eigenvalue weighted by molar-refractivity contribution is 0.317. The first-order valence-corrected chi connectivity index (χ1v) is 6.96. The Balaban J connectivity index is 2.55. The fraction of sp³-hybridized carbons (Fsp3) is 0.500. The Morgan fingerprint density at radius 1 is 1.44 bits per heavy atom. The van der Waals surface area contributed by atoms with E-state index in [-0.39, 0.29) is 5.82 Å². The molecule has 1 atom stereocenters. The van der Waals surface area contributed by atoms with E-state index >= 15 is 0 Å². The van der Waals surface area contributed by atoms with Gasteiger partial charge in [-0.1, -0.05) is 38.8 Å². The summed E-state index contributed by atoms with van der Waals surface area (Å²) in [4.78, 5) is 2.63. The topological polar surface area (TPSA) is 3.24 Å². The van der Waals surface area contributed by atoms with Crippen molar-refractivity contribution in [2.24, 2.45) is 0 Å². The van der Waals surface area contributed by atoms with Crippen LogP contribution in [0, 0.1) is 5.82 Å². The van der Waals surface area contributed by atoms with Crippen LogP contribution in [0.25, 0.3) is 0 Å². The fourth-order valence-electron chi connectivity index (χ4n) is 1.43. The Labute approximate surface area is 113 Å². The van der Waals surface area contributed by atoms with E-state index in [1.54, 1.807) is 6.07 Å². The molecule has 0 amide bonds. The molecule has 0 aliphatic rings. The van der Waals surface area contributed by atoms with Crippen molar-refractivity contribution < 1.29 is 4.39 Å². The Kier molecular flexibility index (Phi) is 5.94. The largest absolute Gasteiger partial charge is 0.302 e. The smallest absolute Gasteiger partial charge is 0.127 e. The summed E-state index contributed by atoms with van der Waals surface area (Å²) in [7, 11) is 2.01. The number of alkyl halides is 1. The first-order valence-electron chi connectivity index (χ1n) is 5.25. The van der Waals surface area contributed by atoms with E-state index in [0.717, 1.165) is 23.0 Å². The first kappa shape index (κ1) is 14.1. The van der Waals surface area contributed by atoms with Gasteiger partial charge in [-0.2, -0.15) is 0 Å². The first-order chi connectivity index (χ1) is 7.49. The fourth-order valence-corrected chi connectivity index (χ4v) is 2.05. The average molecular weight is 353 g/mol. The van der Waals surface area contributed by atoms with Gasteiger partial charge in [0.05, 0.1) is 0 Å². The molecule has 1 aromatic rings. The van der Waals surface area contributed by atoms with E-state index in [9.17, 15) is 4.39 Å². The summed E-state index contributed by atoms with van der Waals surface area (Å²) < 4.78 is 14.4. The van der Waals surface area contributed by atoms with E-state index in [0.29, 0.717) is 11.4 Å². The Morgan fingerprint density at radius 2 is 2.12 bits per heavy atom. The summed E-state index contributed by atoms with van der Waals surface area (Å²) in [6.07, 6.45) is 1.06. The second kappa shape index (κ2) is 6.72. The number of halogens is 3. The SMILES string of the molecule is CC(Br)CCN(C)Cc1cc(Br)ccc1F. The number of benzene rings is 1. The summed E-state index contributed by atoms with van der Waals surface area (Å²) >= 11 is 6.86. The van der Waals surface area contributed by atoms with Gasteiger partial charge in [0.2, 0.25) is 0 Å². The number of nitrogens with zero attached hydrogens (tertiary/aromatic N) is 1. The van der Waals surface area contributed by atoms with Crippen LogP contribution < -0.4 is 0 Å². The average Bonchev–Trinajstić information content (AvgIpc) is 2.20. The zero-order valence-corrected chi connectivity index (χ0v) is 12.7. The minimum atomic E-state index is -0.137. The van der Waals surface area contributed by atoms with E-state index in [1.807, 2.05) is 13.1 Å². The van der Waals surface area contributed by atoms with Gasteiger partial charge in [0.1, 0.15) is 5.82 Å². The van der Waals surface area contributed by atoms with Crippen LogP contribution in [-0.2, 0) is 6.54 Å². The highest BCUT2D eigenvalue weighted by Crippen LogP contribution is 2.17. The second-order valence-electron chi connectivity index (χ2n) is 4.04. The van der Waals surface area contributed by atoms with Crippen molar-refractivity contribution in [2.75, 3.05) is 13.6 Å². The van der Waals surface area contributed by atoms with Gasteiger partial charge in [0.15, 0.2) is 0 Å². The Morgan fingerprint density at radius 3 is 2.75 bits per heavy atom. The van der Waals surface area contributed by atoms with Crippen molar-refractivity contribution in [1.82, 2.24) is 4.90 Å². The molecule has 4 heteroatoms. The van der Waals surface area contributed by atoms with Gasteiger partial charge in [-0.25, -0.2) is 4.39 Å². The highest BCUT2D eigenvalue weighted by atomic mass is 79.9. The zero-order chi connectivity index (χ0) is 12.1. The van der Waals surface area contributed by atoms with Crippen LogP contribution in [0.5, 0.6) is 0 Å². The molecular weight excluding hydrogens is 337 g/mol. The molecule has 0 heterocycles. The standard InChI is InChI=1S/C12H16Br2FN/c1-9(13)5-6-16(2)8-10-7-11(14)3-4-12(10)15/h3-4,7,9H,5-6,8H2,1-2H3. The van der Waals surface area contributed by atoms with Crippen LogP contribution in [0.2, 0.25) is 0 Å². The summed E-state index contributed by atoms with van der Waals surface area (Å²) in [5.74, 6) is -0.137. The van der Waals surface area contributed by atoms with E-state index in [2.05, 4.69) is 43.7 Å². The molecule has 90 valence electrons. The third-order valence-electron chi connectivity index (χ3n) is 2.36. The summed E-state index contributed by atoms with van der Waals surface area (Å²) in [6.45, 7) is 3.72. The highest BCUT2D eigenvalue weighted by molar-refractivity contribution is 9.10. The highest BCUT2D eigenvalue weighted by Gasteiger charge is 2.07. The molecule has 16 heavy (non-hydrogen) atoms. The lowest BCUT2D eigenvalue weighted by Crippen LogP contribution is -2.21. The van der Waals surface area contributed by atoms with Crippen molar-refractivity contribution in [3.63, 3.8) is 0 Å².